The van der Waals surface area contributed by atoms with Gasteiger partial charge < -0.3 is 4.74 Å². The number of rotatable bonds is 2. The van der Waals surface area contributed by atoms with Crippen molar-refractivity contribution in [3.63, 3.8) is 0 Å². The first-order valence-electron chi connectivity index (χ1n) is 5.68. The average Bonchev–Trinajstić information content (AvgIpc) is 2.35. The van der Waals surface area contributed by atoms with Crippen LogP contribution in [-0.4, -0.2) is 17.1 Å². The van der Waals surface area contributed by atoms with E-state index in [1.54, 1.807) is 7.11 Å². The maximum absolute atomic E-state index is 6.09. The van der Waals surface area contributed by atoms with Crippen molar-refractivity contribution in [1.29, 1.82) is 0 Å². The van der Waals surface area contributed by atoms with E-state index in [1.165, 1.54) is 0 Å². The van der Waals surface area contributed by atoms with Gasteiger partial charge in [0.2, 0.25) is 0 Å². The van der Waals surface area contributed by atoms with Crippen molar-refractivity contribution in [2.45, 2.75) is 20.8 Å². The minimum atomic E-state index is 0.506. The SMILES string of the molecule is COc1ccc(-c2nc(C)c(C)c(Cl)n2)cc1C. The van der Waals surface area contributed by atoms with Crippen molar-refractivity contribution in [3.05, 3.63) is 40.2 Å². The first kappa shape index (κ1) is 12.8. The van der Waals surface area contributed by atoms with E-state index < -0.39 is 0 Å². The fraction of sp³-hybridized carbons (Fsp3) is 0.286. The number of methoxy groups -OCH3 is 1. The van der Waals surface area contributed by atoms with Gasteiger partial charge in [-0.3, -0.25) is 0 Å². The molecule has 0 radical (unpaired) electrons. The number of hydrogen-bond acceptors (Lipinski definition) is 3. The highest BCUT2D eigenvalue weighted by Gasteiger charge is 2.09. The molecule has 1 aromatic heterocycles. The van der Waals surface area contributed by atoms with Crippen LogP contribution in [-0.2, 0) is 0 Å². The van der Waals surface area contributed by atoms with Gasteiger partial charge in [-0.1, -0.05) is 11.6 Å². The van der Waals surface area contributed by atoms with Gasteiger partial charge in [-0.2, -0.15) is 0 Å². The first-order chi connectivity index (χ1) is 8.52. The van der Waals surface area contributed by atoms with E-state index in [4.69, 9.17) is 16.3 Å². The Labute approximate surface area is 112 Å². The summed E-state index contributed by atoms with van der Waals surface area (Å²) in [5.74, 6) is 1.50. The highest BCUT2D eigenvalue weighted by atomic mass is 35.5. The number of ether oxygens (including phenoxy) is 1. The normalized spacial score (nSPS) is 10.5. The average molecular weight is 263 g/mol. The van der Waals surface area contributed by atoms with Crippen LogP contribution in [0.25, 0.3) is 11.4 Å². The molecule has 2 aromatic rings. The Morgan fingerprint density at radius 3 is 2.39 bits per heavy atom. The lowest BCUT2D eigenvalue weighted by molar-refractivity contribution is 0.412. The lowest BCUT2D eigenvalue weighted by Crippen LogP contribution is -1.97. The molecule has 0 unspecified atom stereocenters. The molecule has 3 nitrogen and oxygen atoms in total. The molecule has 0 fully saturated rings. The van der Waals surface area contributed by atoms with E-state index in [2.05, 4.69) is 9.97 Å². The molecule has 1 heterocycles. The van der Waals surface area contributed by atoms with Gasteiger partial charge in [0, 0.05) is 16.8 Å². The van der Waals surface area contributed by atoms with E-state index in [9.17, 15) is 0 Å². The predicted octanol–water partition coefficient (Wildman–Crippen LogP) is 3.73. The van der Waals surface area contributed by atoms with Crippen LogP contribution in [0.15, 0.2) is 18.2 Å². The third-order valence-electron chi connectivity index (χ3n) is 2.98. The standard InChI is InChI=1S/C14H15ClN2O/c1-8-7-11(5-6-12(8)18-4)14-16-10(3)9(2)13(15)17-14/h5-7H,1-4H3. The lowest BCUT2D eigenvalue weighted by atomic mass is 10.1. The third-order valence-corrected chi connectivity index (χ3v) is 3.35. The van der Waals surface area contributed by atoms with Crippen LogP contribution in [0.4, 0.5) is 0 Å². The van der Waals surface area contributed by atoms with Crippen molar-refractivity contribution in [1.82, 2.24) is 9.97 Å². The summed E-state index contributed by atoms with van der Waals surface area (Å²) in [7, 11) is 1.66. The van der Waals surface area contributed by atoms with Gasteiger partial charge in [-0.25, -0.2) is 9.97 Å². The van der Waals surface area contributed by atoms with Gasteiger partial charge in [-0.05, 0) is 44.5 Å². The number of hydrogen-bond donors (Lipinski definition) is 0. The molecule has 0 aliphatic heterocycles. The molecule has 18 heavy (non-hydrogen) atoms. The summed E-state index contributed by atoms with van der Waals surface area (Å²) in [6.07, 6.45) is 0. The van der Waals surface area contributed by atoms with E-state index in [1.807, 2.05) is 39.0 Å². The van der Waals surface area contributed by atoms with Crippen LogP contribution in [0.2, 0.25) is 5.15 Å². The number of halogens is 1. The van der Waals surface area contributed by atoms with Crippen LogP contribution in [0.1, 0.15) is 16.8 Å². The van der Waals surface area contributed by atoms with Gasteiger partial charge in [-0.15, -0.1) is 0 Å². The topological polar surface area (TPSA) is 35.0 Å². The molecule has 0 saturated heterocycles. The molecule has 0 bridgehead atoms. The molecule has 0 aliphatic carbocycles. The number of aryl methyl sites for hydroxylation is 2. The van der Waals surface area contributed by atoms with Gasteiger partial charge in [0.1, 0.15) is 10.9 Å². The zero-order chi connectivity index (χ0) is 13.3. The summed E-state index contributed by atoms with van der Waals surface area (Å²) in [4.78, 5) is 8.78. The van der Waals surface area contributed by atoms with Crippen LogP contribution < -0.4 is 4.74 Å². The molecule has 2 rings (SSSR count). The highest BCUT2D eigenvalue weighted by Crippen LogP contribution is 2.26. The molecule has 94 valence electrons. The maximum atomic E-state index is 6.09. The van der Waals surface area contributed by atoms with Gasteiger partial charge in [0.15, 0.2) is 5.82 Å². The summed E-state index contributed by atoms with van der Waals surface area (Å²) >= 11 is 6.09. The second-order valence-corrected chi connectivity index (χ2v) is 4.59. The van der Waals surface area contributed by atoms with Crippen molar-refractivity contribution < 1.29 is 4.74 Å². The minimum absolute atomic E-state index is 0.506. The Morgan fingerprint density at radius 2 is 1.83 bits per heavy atom. The minimum Gasteiger partial charge on any atom is -0.496 e. The summed E-state index contributed by atoms with van der Waals surface area (Å²) < 4.78 is 5.24. The Hall–Kier alpha value is -1.61. The van der Waals surface area contributed by atoms with Gasteiger partial charge >= 0.3 is 0 Å². The molecular formula is C14H15ClN2O. The number of benzene rings is 1. The quantitative estimate of drug-likeness (QED) is 0.774. The summed E-state index contributed by atoms with van der Waals surface area (Å²) in [6.45, 7) is 5.84. The van der Waals surface area contributed by atoms with Gasteiger partial charge in [0.25, 0.3) is 0 Å². The monoisotopic (exact) mass is 262 g/mol. The van der Waals surface area contributed by atoms with Crippen LogP contribution in [0.3, 0.4) is 0 Å². The smallest absolute Gasteiger partial charge is 0.161 e. The maximum Gasteiger partial charge on any atom is 0.161 e. The molecule has 4 heteroatoms. The largest absolute Gasteiger partial charge is 0.496 e. The molecule has 0 amide bonds. The Kier molecular flexibility index (Phi) is 3.53. The Balaban J connectivity index is 2.52. The molecule has 0 N–H and O–H groups in total. The molecule has 0 aliphatic rings. The van der Waals surface area contributed by atoms with Crippen LogP contribution >= 0.6 is 11.6 Å². The molecular weight excluding hydrogens is 248 g/mol. The fourth-order valence-electron chi connectivity index (χ4n) is 1.74. The van der Waals surface area contributed by atoms with Crippen molar-refractivity contribution in [2.24, 2.45) is 0 Å². The lowest BCUT2D eigenvalue weighted by Gasteiger charge is -2.09. The van der Waals surface area contributed by atoms with E-state index in [0.717, 1.165) is 28.1 Å². The van der Waals surface area contributed by atoms with E-state index in [0.29, 0.717) is 11.0 Å². The number of aromatic nitrogens is 2. The van der Waals surface area contributed by atoms with Crippen molar-refractivity contribution in [3.8, 4) is 17.1 Å². The summed E-state index contributed by atoms with van der Waals surface area (Å²) in [5, 5.41) is 0.506. The van der Waals surface area contributed by atoms with E-state index in [-0.39, 0.29) is 0 Å². The molecule has 0 saturated carbocycles. The first-order valence-corrected chi connectivity index (χ1v) is 6.06. The zero-order valence-corrected chi connectivity index (χ0v) is 11.7. The predicted molar refractivity (Wildman–Crippen MR) is 73.2 cm³/mol. The Morgan fingerprint density at radius 1 is 1.11 bits per heavy atom. The third kappa shape index (κ3) is 2.31. The summed E-state index contributed by atoms with van der Waals surface area (Å²) in [6, 6.07) is 5.85. The molecule has 0 spiro atoms. The second kappa shape index (κ2) is 4.94. The van der Waals surface area contributed by atoms with Crippen molar-refractivity contribution >= 4 is 11.6 Å². The number of nitrogens with zero attached hydrogens (tertiary/aromatic N) is 2. The second-order valence-electron chi connectivity index (χ2n) is 4.23. The van der Waals surface area contributed by atoms with Crippen LogP contribution in [0, 0.1) is 20.8 Å². The highest BCUT2D eigenvalue weighted by molar-refractivity contribution is 6.30. The van der Waals surface area contributed by atoms with Crippen LogP contribution in [0.5, 0.6) is 5.75 Å². The summed E-state index contributed by atoms with van der Waals surface area (Å²) in [5.41, 5.74) is 3.82. The van der Waals surface area contributed by atoms with E-state index >= 15 is 0 Å². The Bertz CT molecular complexity index is 573. The molecule has 0 atom stereocenters. The van der Waals surface area contributed by atoms with Crippen molar-refractivity contribution in [2.75, 3.05) is 7.11 Å². The molecule has 1 aromatic carbocycles. The fourth-order valence-corrected chi connectivity index (χ4v) is 1.96. The van der Waals surface area contributed by atoms with Gasteiger partial charge in [0.05, 0.1) is 7.11 Å². The zero-order valence-electron chi connectivity index (χ0n) is 10.9.